The van der Waals surface area contributed by atoms with E-state index in [4.69, 9.17) is 14.2 Å². The smallest absolute Gasteiger partial charge is 0.339 e. The Morgan fingerprint density at radius 2 is 2.05 bits per heavy atom. The number of methoxy groups -OCH3 is 2. The van der Waals surface area contributed by atoms with Gasteiger partial charge in [0, 0.05) is 5.56 Å². The van der Waals surface area contributed by atoms with Crippen molar-refractivity contribution in [2.75, 3.05) is 27.1 Å². The van der Waals surface area contributed by atoms with Crippen molar-refractivity contribution in [1.82, 2.24) is 0 Å². The van der Waals surface area contributed by atoms with Gasteiger partial charge in [-0.2, -0.15) is 0 Å². The van der Waals surface area contributed by atoms with Crippen molar-refractivity contribution < 1.29 is 24.1 Å². The summed E-state index contributed by atoms with van der Waals surface area (Å²) in [7, 11) is 3.01. The Morgan fingerprint density at radius 3 is 2.53 bits per heavy atom. The fourth-order valence-corrected chi connectivity index (χ4v) is 2.26. The second-order valence-electron chi connectivity index (χ2n) is 3.61. The van der Waals surface area contributed by atoms with Crippen LogP contribution in [0.25, 0.3) is 0 Å². The molecule has 106 valence electrons. The molecule has 19 heavy (non-hydrogen) atoms. The zero-order valence-electron chi connectivity index (χ0n) is 11.4. The van der Waals surface area contributed by atoms with Crippen molar-refractivity contribution >= 4 is 17.7 Å². The molecule has 0 bridgehead atoms. The zero-order chi connectivity index (χ0) is 14.4. The fraction of sp³-hybridized carbons (Fsp3) is 0.462. The lowest BCUT2D eigenvalue weighted by Crippen LogP contribution is -2.16. The Kier molecular flexibility index (Phi) is 5.98. The van der Waals surface area contributed by atoms with Gasteiger partial charge in [0.05, 0.1) is 25.7 Å². The maximum atomic E-state index is 11.6. The Bertz CT molecular complexity index is 447. The van der Waals surface area contributed by atoms with Gasteiger partial charge in [-0.3, -0.25) is 0 Å². The van der Waals surface area contributed by atoms with E-state index in [1.54, 1.807) is 19.1 Å². The highest BCUT2D eigenvalue weighted by Crippen LogP contribution is 2.38. The van der Waals surface area contributed by atoms with Gasteiger partial charge < -0.3 is 19.3 Å². The molecule has 1 aromatic carbocycles. The summed E-state index contributed by atoms with van der Waals surface area (Å²) < 4.78 is 15.2. The first kappa shape index (κ1) is 15.7. The molecule has 0 saturated carbocycles. The highest BCUT2D eigenvalue weighted by atomic mass is 32.2. The summed E-state index contributed by atoms with van der Waals surface area (Å²) >= 11 is 1.44. The normalized spacial score (nSPS) is 11.8. The Labute approximate surface area is 116 Å². The van der Waals surface area contributed by atoms with E-state index in [1.165, 1.54) is 26.0 Å². The fourth-order valence-electron chi connectivity index (χ4n) is 1.64. The maximum Gasteiger partial charge on any atom is 0.339 e. The van der Waals surface area contributed by atoms with Crippen molar-refractivity contribution in [3.05, 3.63) is 17.7 Å². The van der Waals surface area contributed by atoms with Crippen molar-refractivity contribution in [2.45, 2.75) is 17.9 Å². The average Bonchev–Trinajstić information content (AvgIpc) is 2.44. The van der Waals surface area contributed by atoms with E-state index in [2.05, 4.69) is 0 Å². The number of hydrogen-bond acceptors (Lipinski definition) is 6. The highest BCUT2D eigenvalue weighted by molar-refractivity contribution is 7.98. The third kappa shape index (κ3) is 3.54. The SMILES string of the molecule is CCOC(=O)C(O)c1cc(OC)cc(SC)c1OC. The predicted octanol–water partition coefficient (Wildman–Crippen LogP) is 2.02. The zero-order valence-corrected chi connectivity index (χ0v) is 12.2. The van der Waals surface area contributed by atoms with Crippen molar-refractivity contribution in [3.63, 3.8) is 0 Å². The topological polar surface area (TPSA) is 65.0 Å². The van der Waals surface area contributed by atoms with Crippen molar-refractivity contribution in [1.29, 1.82) is 0 Å². The quantitative estimate of drug-likeness (QED) is 0.637. The first-order valence-electron chi connectivity index (χ1n) is 5.73. The number of aliphatic hydroxyl groups is 1. The molecule has 6 heteroatoms. The predicted molar refractivity (Wildman–Crippen MR) is 72.9 cm³/mol. The molecule has 1 unspecified atom stereocenters. The van der Waals surface area contributed by atoms with Gasteiger partial charge >= 0.3 is 5.97 Å². The second-order valence-corrected chi connectivity index (χ2v) is 4.45. The molecule has 1 rings (SSSR count). The maximum absolute atomic E-state index is 11.6. The number of rotatable bonds is 6. The van der Waals surface area contributed by atoms with E-state index < -0.39 is 12.1 Å². The molecule has 1 N–H and O–H groups in total. The van der Waals surface area contributed by atoms with Gasteiger partial charge in [-0.25, -0.2) is 4.79 Å². The molecule has 1 aromatic rings. The van der Waals surface area contributed by atoms with E-state index in [9.17, 15) is 9.90 Å². The van der Waals surface area contributed by atoms with Gasteiger partial charge in [-0.15, -0.1) is 11.8 Å². The van der Waals surface area contributed by atoms with E-state index >= 15 is 0 Å². The van der Waals surface area contributed by atoms with Crippen LogP contribution in [0.4, 0.5) is 0 Å². The number of carbonyl (C=O) groups is 1. The summed E-state index contributed by atoms with van der Waals surface area (Å²) in [6.07, 6.45) is 0.480. The van der Waals surface area contributed by atoms with Gasteiger partial charge in [0.2, 0.25) is 0 Å². The van der Waals surface area contributed by atoms with E-state index in [-0.39, 0.29) is 6.61 Å². The highest BCUT2D eigenvalue weighted by Gasteiger charge is 2.25. The van der Waals surface area contributed by atoms with Gasteiger partial charge in [-0.05, 0) is 25.3 Å². The minimum Gasteiger partial charge on any atom is -0.497 e. The molecule has 0 aliphatic carbocycles. The molecule has 0 amide bonds. The standard InChI is InChI=1S/C13H18O5S/c1-5-18-13(15)11(14)9-6-8(16-2)7-10(19-4)12(9)17-3/h6-7,11,14H,5H2,1-4H3. The number of aliphatic hydroxyl groups excluding tert-OH is 1. The van der Waals surface area contributed by atoms with Crippen molar-refractivity contribution in [2.24, 2.45) is 0 Å². The second kappa shape index (κ2) is 7.25. The lowest BCUT2D eigenvalue weighted by Gasteiger charge is -2.17. The molecule has 0 saturated heterocycles. The summed E-state index contributed by atoms with van der Waals surface area (Å²) in [4.78, 5) is 12.4. The molecule has 1 atom stereocenters. The lowest BCUT2D eigenvalue weighted by molar-refractivity contribution is -0.153. The summed E-state index contributed by atoms with van der Waals surface area (Å²) in [6.45, 7) is 1.89. The first-order valence-corrected chi connectivity index (χ1v) is 6.96. The van der Waals surface area contributed by atoms with E-state index in [0.717, 1.165) is 4.90 Å². The summed E-state index contributed by atoms with van der Waals surface area (Å²) in [6, 6.07) is 3.35. The first-order chi connectivity index (χ1) is 9.08. The monoisotopic (exact) mass is 286 g/mol. The molecule has 5 nitrogen and oxygen atoms in total. The van der Waals surface area contributed by atoms with Crippen LogP contribution in [0.5, 0.6) is 11.5 Å². The number of benzene rings is 1. The third-order valence-corrected chi connectivity index (χ3v) is 3.26. The molecular formula is C13H18O5S. The minimum atomic E-state index is -1.39. The number of ether oxygens (including phenoxy) is 3. The summed E-state index contributed by atoms with van der Waals surface area (Å²) in [5.74, 6) is 0.290. The number of thioether (sulfide) groups is 1. The van der Waals surface area contributed by atoms with Crippen LogP contribution in [0.1, 0.15) is 18.6 Å². The number of hydrogen-bond donors (Lipinski definition) is 1. The molecule has 0 heterocycles. The average molecular weight is 286 g/mol. The molecule has 0 aliphatic rings. The van der Waals surface area contributed by atoms with E-state index in [1.807, 2.05) is 6.26 Å². The van der Waals surface area contributed by atoms with Crippen LogP contribution in [-0.2, 0) is 9.53 Å². The Hall–Kier alpha value is -1.40. The van der Waals surface area contributed by atoms with Gasteiger partial charge in [-0.1, -0.05) is 0 Å². The van der Waals surface area contributed by atoms with Gasteiger partial charge in [0.1, 0.15) is 11.5 Å². The van der Waals surface area contributed by atoms with Crippen LogP contribution in [0.15, 0.2) is 17.0 Å². The third-order valence-electron chi connectivity index (χ3n) is 2.52. The van der Waals surface area contributed by atoms with Crippen LogP contribution < -0.4 is 9.47 Å². The van der Waals surface area contributed by atoms with Crippen LogP contribution in [0.2, 0.25) is 0 Å². The van der Waals surface area contributed by atoms with Crippen LogP contribution in [0, 0.1) is 0 Å². The minimum absolute atomic E-state index is 0.206. The van der Waals surface area contributed by atoms with Gasteiger partial charge in [0.15, 0.2) is 6.10 Å². The van der Waals surface area contributed by atoms with Crippen LogP contribution in [0.3, 0.4) is 0 Å². The number of carbonyl (C=O) groups excluding carboxylic acids is 1. The van der Waals surface area contributed by atoms with Gasteiger partial charge in [0.25, 0.3) is 0 Å². The van der Waals surface area contributed by atoms with Crippen molar-refractivity contribution in [3.8, 4) is 11.5 Å². The largest absolute Gasteiger partial charge is 0.497 e. The summed E-state index contributed by atoms with van der Waals surface area (Å²) in [5.41, 5.74) is 0.338. The Balaban J connectivity index is 3.26. The molecule has 0 fully saturated rings. The molecular weight excluding hydrogens is 268 g/mol. The lowest BCUT2D eigenvalue weighted by atomic mass is 10.1. The van der Waals surface area contributed by atoms with Crippen LogP contribution in [-0.4, -0.2) is 38.2 Å². The number of esters is 1. The molecule has 0 aromatic heterocycles. The molecule has 0 aliphatic heterocycles. The summed E-state index contributed by atoms with van der Waals surface area (Å²) in [5, 5.41) is 10.1. The molecule has 0 spiro atoms. The Morgan fingerprint density at radius 1 is 1.37 bits per heavy atom. The molecule has 0 radical (unpaired) electrons. The van der Waals surface area contributed by atoms with Crippen LogP contribution >= 0.6 is 11.8 Å². The van der Waals surface area contributed by atoms with E-state index in [0.29, 0.717) is 17.1 Å².